The number of methoxy groups -OCH3 is 1. The highest BCUT2D eigenvalue weighted by atomic mass is 16.5. The van der Waals surface area contributed by atoms with E-state index in [9.17, 15) is 4.79 Å². The molecule has 0 aliphatic heterocycles. The van der Waals surface area contributed by atoms with Gasteiger partial charge >= 0.3 is 0 Å². The second-order valence-electron chi connectivity index (χ2n) is 5.71. The zero-order valence-electron chi connectivity index (χ0n) is 14.0. The number of aromatic nitrogens is 3. The van der Waals surface area contributed by atoms with Crippen molar-refractivity contribution < 1.29 is 13.9 Å². The monoisotopic (exact) mass is 348 g/mol. The Hall–Kier alpha value is -3.61. The summed E-state index contributed by atoms with van der Waals surface area (Å²) in [6.45, 7) is 0.472. The van der Waals surface area contributed by atoms with Gasteiger partial charge in [-0.1, -0.05) is 0 Å². The van der Waals surface area contributed by atoms with Crippen LogP contribution in [0.1, 0.15) is 16.3 Å². The van der Waals surface area contributed by atoms with Crippen molar-refractivity contribution in [3.63, 3.8) is 0 Å². The van der Waals surface area contributed by atoms with Crippen molar-refractivity contribution in [2.24, 2.45) is 0 Å². The van der Waals surface area contributed by atoms with E-state index < -0.39 is 0 Å². The van der Waals surface area contributed by atoms with Crippen LogP contribution in [0.25, 0.3) is 10.9 Å². The molecule has 0 aliphatic carbocycles. The fourth-order valence-electron chi connectivity index (χ4n) is 2.63. The number of fused-ring (bicyclic) bond motifs is 1. The number of furan rings is 1. The molecule has 0 unspecified atom stereocenters. The van der Waals surface area contributed by atoms with Crippen molar-refractivity contribution >= 4 is 22.5 Å². The molecule has 4 aromatic rings. The van der Waals surface area contributed by atoms with E-state index in [0.29, 0.717) is 18.0 Å². The second kappa shape index (κ2) is 6.72. The normalized spacial score (nSPS) is 10.8. The highest BCUT2D eigenvalue weighted by Gasteiger charge is 2.12. The summed E-state index contributed by atoms with van der Waals surface area (Å²) < 4.78 is 12.5. The van der Waals surface area contributed by atoms with E-state index in [0.717, 1.165) is 16.7 Å². The average molecular weight is 348 g/mol. The van der Waals surface area contributed by atoms with Crippen LogP contribution < -0.4 is 10.1 Å². The molecule has 0 saturated heterocycles. The molecule has 0 bridgehead atoms. The maximum absolute atomic E-state index is 12.4. The van der Waals surface area contributed by atoms with Crippen molar-refractivity contribution in [3.8, 4) is 5.75 Å². The topological polar surface area (TPSA) is 82.2 Å². The van der Waals surface area contributed by atoms with Gasteiger partial charge in [-0.05, 0) is 36.4 Å². The van der Waals surface area contributed by atoms with E-state index in [2.05, 4.69) is 15.4 Å². The third kappa shape index (κ3) is 3.27. The van der Waals surface area contributed by atoms with Crippen molar-refractivity contribution in [2.75, 3.05) is 12.4 Å². The highest BCUT2D eigenvalue weighted by molar-refractivity contribution is 6.03. The number of hydrogen-bond acceptors (Lipinski definition) is 5. The summed E-state index contributed by atoms with van der Waals surface area (Å²) in [7, 11) is 1.61. The molecular weight excluding hydrogens is 332 g/mol. The Balaban J connectivity index is 1.49. The fourth-order valence-corrected chi connectivity index (χ4v) is 2.63. The Kier molecular flexibility index (Phi) is 4.10. The number of anilines is 1. The van der Waals surface area contributed by atoms with E-state index in [1.807, 2.05) is 36.5 Å². The molecule has 3 aromatic heterocycles. The van der Waals surface area contributed by atoms with Gasteiger partial charge in [-0.2, -0.15) is 5.10 Å². The molecule has 7 nitrogen and oxygen atoms in total. The third-order valence-electron chi connectivity index (χ3n) is 3.91. The fraction of sp³-hybridized carbons (Fsp3) is 0.105. The number of carbonyl (C=O) groups is 1. The Morgan fingerprint density at radius 3 is 3.00 bits per heavy atom. The largest absolute Gasteiger partial charge is 0.497 e. The molecule has 4 rings (SSSR count). The number of nitrogens with zero attached hydrogens (tertiary/aromatic N) is 3. The van der Waals surface area contributed by atoms with Gasteiger partial charge in [0.1, 0.15) is 11.5 Å². The molecule has 0 spiro atoms. The minimum absolute atomic E-state index is 0.238. The van der Waals surface area contributed by atoms with Crippen LogP contribution in [-0.4, -0.2) is 27.8 Å². The summed E-state index contributed by atoms with van der Waals surface area (Å²) in [5.74, 6) is 1.30. The summed E-state index contributed by atoms with van der Waals surface area (Å²) in [6, 6.07) is 12.7. The maximum Gasteiger partial charge on any atom is 0.291 e. The van der Waals surface area contributed by atoms with Crippen molar-refractivity contribution in [3.05, 3.63) is 72.6 Å². The first-order valence-electron chi connectivity index (χ1n) is 8.02. The lowest BCUT2D eigenvalue weighted by molar-refractivity contribution is 0.0994. The Labute approximate surface area is 149 Å². The number of rotatable bonds is 5. The highest BCUT2D eigenvalue weighted by Crippen LogP contribution is 2.22. The van der Waals surface area contributed by atoms with Gasteiger partial charge in [0.25, 0.3) is 5.91 Å². The molecule has 0 radical (unpaired) electrons. The lowest BCUT2D eigenvalue weighted by atomic mass is 10.2. The Bertz CT molecular complexity index is 1050. The van der Waals surface area contributed by atoms with Crippen LogP contribution in [0.2, 0.25) is 0 Å². The number of nitrogens with one attached hydrogen (secondary N) is 1. The van der Waals surface area contributed by atoms with Crippen molar-refractivity contribution in [2.45, 2.75) is 6.54 Å². The molecule has 130 valence electrons. The molecule has 26 heavy (non-hydrogen) atoms. The average Bonchev–Trinajstić information content (AvgIpc) is 3.34. The minimum atomic E-state index is -0.327. The molecule has 7 heteroatoms. The number of ether oxygens (including phenoxy) is 1. The van der Waals surface area contributed by atoms with E-state index in [4.69, 9.17) is 9.15 Å². The first-order valence-corrected chi connectivity index (χ1v) is 8.02. The van der Waals surface area contributed by atoms with E-state index in [1.165, 1.54) is 0 Å². The van der Waals surface area contributed by atoms with Crippen LogP contribution in [0.15, 0.2) is 65.5 Å². The van der Waals surface area contributed by atoms with Gasteiger partial charge < -0.3 is 14.5 Å². The molecule has 0 atom stereocenters. The maximum atomic E-state index is 12.4. The van der Waals surface area contributed by atoms with E-state index >= 15 is 0 Å². The van der Waals surface area contributed by atoms with Crippen LogP contribution in [0.5, 0.6) is 5.75 Å². The molecule has 0 aliphatic rings. The first-order chi connectivity index (χ1) is 12.7. The number of pyridine rings is 1. The summed E-state index contributed by atoms with van der Waals surface area (Å²) in [5.41, 5.74) is 1.39. The van der Waals surface area contributed by atoms with Crippen LogP contribution >= 0.6 is 0 Å². The number of carbonyl (C=O) groups excluding carboxylic acids is 1. The molecule has 1 aromatic carbocycles. The Morgan fingerprint density at radius 2 is 2.19 bits per heavy atom. The number of hydrogen-bond donors (Lipinski definition) is 1. The van der Waals surface area contributed by atoms with Gasteiger partial charge in [0.05, 0.1) is 31.1 Å². The number of amides is 1. The summed E-state index contributed by atoms with van der Waals surface area (Å²) in [5, 5.41) is 7.82. The van der Waals surface area contributed by atoms with Crippen LogP contribution in [0.3, 0.4) is 0 Å². The number of benzene rings is 1. The molecule has 1 amide bonds. The van der Waals surface area contributed by atoms with Gasteiger partial charge in [0, 0.05) is 23.8 Å². The van der Waals surface area contributed by atoms with Gasteiger partial charge in [0.15, 0.2) is 5.76 Å². The molecular formula is C19H16N4O3. The van der Waals surface area contributed by atoms with Gasteiger partial charge in [0.2, 0.25) is 0 Å². The summed E-state index contributed by atoms with van der Waals surface area (Å²) in [4.78, 5) is 16.7. The summed E-state index contributed by atoms with van der Waals surface area (Å²) in [6.07, 6.45) is 5.13. The van der Waals surface area contributed by atoms with E-state index in [1.54, 1.807) is 36.3 Å². The molecule has 0 fully saturated rings. The van der Waals surface area contributed by atoms with Crippen LogP contribution in [0, 0.1) is 0 Å². The molecule has 1 N–H and O–H groups in total. The predicted octanol–water partition coefficient (Wildman–Crippen LogP) is 3.33. The molecule has 3 heterocycles. The Morgan fingerprint density at radius 1 is 1.27 bits per heavy atom. The molecule has 0 saturated carbocycles. The van der Waals surface area contributed by atoms with Crippen molar-refractivity contribution in [1.82, 2.24) is 14.8 Å². The van der Waals surface area contributed by atoms with Crippen LogP contribution in [0.4, 0.5) is 5.69 Å². The van der Waals surface area contributed by atoms with Crippen LogP contribution in [-0.2, 0) is 6.54 Å². The zero-order valence-corrected chi connectivity index (χ0v) is 14.0. The zero-order chi connectivity index (χ0) is 17.9. The van der Waals surface area contributed by atoms with Gasteiger partial charge in [-0.25, -0.2) is 0 Å². The lowest BCUT2D eigenvalue weighted by Crippen LogP contribution is -2.11. The third-order valence-corrected chi connectivity index (χ3v) is 3.91. The van der Waals surface area contributed by atoms with Crippen molar-refractivity contribution in [1.29, 1.82) is 0 Å². The quantitative estimate of drug-likeness (QED) is 0.598. The van der Waals surface area contributed by atoms with Gasteiger partial charge in [-0.15, -0.1) is 0 Å². The minimum Gasteiger partial charge on any atom is -0.497 e. The second-order valence-corrected chi connectivity index (χ2v) is 5.71. The predicted molar refractivity (Wildman–Crippen MR) is 96.3 cm³/mol. The SMILES string of the molecule is COc1ccc2cc(NC(=O)c3ccc(Cn4cccn4)o3)cnc2c1. The van der Waals surface area contributed by atoms with Gasteiger partial charge in [-0.3, -0.25) is 14.5 Å². The first kappa shape index (κ1) is 15.9. The lowest BCUT2D eigenvalue weighted by Gasteiger charge is -2.06. The van der Waals surface area contributed by atoms with E-state index in [-0.39, 0.29) is 11.7 Å². The standard InChI is InChI=1S/C19H16N4O3/c1-25-15-4-3-13-9-14(11-20-17(13)10-15)22-19(24)18-6-5-16(26-18)12-23-8-2-7-21-23/h2-11H,12H2,1H3,(H,22,24). The smallest absolute Gasteiger partial charge is 0.291 e. The summed E-state index contributed by atoms with van der Waals surface area (Å²) >= 11 is 0.